The van der Waals surface area contributed by atoms with Crippen molar-refractivity contribution >= 4 is 65.2 Å². The molecule has 13 rings (SSSR count). The zero-order valence-corrected chi connectivity index (χ0v) is 34.6. The fourth-order valence-corrected chi connectivity index (χ4v) is 9.62. The molecule has 0 amide bonds. The van der Waals surface area contributed by atoms with E-state index in [1.165, 1.54) is 54.5 Å². The molecule has 0 radical (unpaired) electrons. The van der Waals surface area contributed by atoms with Gasteiger partial charge in [0, 0.05) is 49.6 Å². The Morgan fingerprint density at radius 2 is 0.656 bits per heavy atom. The standard InChI is InChI=1S/C59H37N5/c1-2-16-47(17-3-1)64-53-20-10-8-18-49(53)51-32-28-44(37-56(51)64)43-29-33-55-52(36-43)50-19-9-11-21-54(50)63(55)48-30-26-40(27-31-48)57-60-58(45-24-22-38-12-4-6-14-41(38)34-45)62-59(61-57)46-25-23-39-13-5-7-15-42(39)35-46/h1-37H. The lowest BCUT2D eigenvalue weighted by Crippen LogP contribution is -2.01. The zero-order valence-electron chi connectivity index (χ0n) is 34.6. The van der Waals surface area contributed by atoms with Crippen LogP contribution in [0, 0.1) is 0 Å². The minimum atomic E-state index is 0.628. The minimum absolute atomic E-state index is 0.628. The van der Waals surface area contributed by atoms with Crippen LogP contribution in [-0.4, -0.2) is 24.1 Å². The number of hydrogen-bond acceptors (Lipinski definition) is 3. The maximum absolute atomic E-state index is 5.12. The molecule has 64 heavy (non-hydrogen) atoms. The number of hydrogen-bond donors (Lipinski definition) is 0. The van der Waals surface area contributed by atoms with Crippen LogP contribution in [-0.2, 0) is 0 Å². The normalized spacial score (nSPS) is 11.8. The van der Waals surface area contributed by atoms with Crippen molar-refractivity contribution in [1.29, 1.82) is 0 Å². The number of fused-ring (bicyclic) bond motifs is 8. The first-order valence-corrected chi connectivity index (χ1v) is 21.7. The Morgan fingerprint density at radius 3 is 1.30 bits per heavy atom. The van der Waals surface area contributed by atoms with E-state index < -0.39 is 0 Å². The molecule has 0 fully saturated rings. The summed E-state index contributed by atoms with van der Waals surface area (Å²) >= 11 is 0. The second-order valence-electron chi connectivity index (χ2n) is 16.5. The van der Waals surface area contributed by atoms with Gasteiger partial charge in [0.25, 0.3) is 0 Å². The molecule has 0 N–H and O–H groups in total. The summed E-state index contributed by atoms with van der Waals surface area (Å²) in [5.74, 6) is 1.91. The lowest BCUT2D eigenvalue weighted by molar-refractivity contribution is 1.07. The highest BCUT2D eigenvalue weighted by molar-refractivity contribution is 6.12. The van der Waals surface area contributed by atoms with Gasteiger partial charge in [-0.15, -0.1) is 0 Å². The Labute approximate surface area is 368 Å². The Balaban J connectivity index is 0.916. The summed E-state index contributed by atoms with van der Waals surface area (Å²) < 4.78 is 4.75. The smallest absolute Gasteiger partial charge is 0.164 e. The molecule has 10 aromatic carbocycles. The fourth-order valence-electron chi connectivity index (χ4n) is 9.62. The van der Waals surface area contributed by atoms with Crippen LogP contribution in [0.5, 0.6) is 0 Å². The van der Waals surface area contributed by atoms with E-state index in [9.17, 15) is 0 Å². The van der Waals surface area contributed by atoms with E-state index in [1.54, 1.807) is 0 Å². The minimum Gasteiger partial charge on any atom is -0.309 e. The quantitative estimate of drug-likeness (QED) is 0.168. The average molecular weight is 816 g/mol. The monoisotopic (exact) mass is 815 g/mol. The molecule has 0 bridgehead atoms. The second kappa shape index (κ2) is 14.5. The van der Waals surface area contributed by atoms with Gasteiger partial charge >= 0.3 is 0 Å². The molecule has 3 aromatic heterocycles. The van der Waals surface area contributed by atoms with E-state index in [-0.39, 0.29) is 0 Å². The molecule has 0 saturated heterocycles. The van der Waals surface area contributed by atoms with E-state index in [0.717, 1.165) is 49.9 Å². The Kier molecular flexibility index (Phi) is 8.15. The fraction of sp³-hybridized carbons (Fsp3) is 0. The SMILES string of the molecule is c1ccc(-n2c3ccccc3c3ccc(-c4ccc5c(c4)c4ccccc4n5-c4ccc(-c5nc(-c6ccc7ccccc7c6)nc(-c6ccc7ccccc7c6)n5)cc4)cc32)cc1. The van der Waals surface area contributed by atoms with E-state index in [1.807, 2.05) is 0 Å². The van der Waals surface area contributed by atoms with Gasteiger partial charge in [-0.25, -0.2) is 15.0 Å². The number of aromatic nitrogens is 5. The summed E-state index contributed by atoms with van der Waals surface area (Å²) in [7, 11) is 0. The highest BCUT2D eigenvalue weighted by atomic mass is 15.0. The molecule has 0 aliphatic carbocycles. The molecule has 298 valence electrons. The summed E-state index contributed by atoms with van der Waals surface area (Å²) in [4.78, 5) is 15.3. The van der Waals surface area contributed by atoms with Crippen LogP contribution in [0.3, 0.4) is 0 Å². The van der Waals surface area contributed by atoms with Crippen molar-refractivity contribution < 1.29 is 0 Å². The van der Waals surface area contributed by atoms with E-state index >= 15 is 0 Å². The molecule has 0 unspecified atom stereocenters. The summed E-state index contributed by atoms with van der Waals surface area (Å²) in [5, 5.41) is 9.56. The van der Waals surface area contributed by atoms with Gasteiger partial charge in [-0.1, -0.05) is 146 Å². The van der Waals surface area contributed by atoms with E-state index in [4.69, 9.17) is 15.0 Å². The van der Waals surface area contributed by atoms with Crippen molar-refractivity contribution in [1.82, 2.24) is 24.1 Å². The molecule has 0 aliphatic heterocycles. The number of para-hydroxylation sites is 3. The Hall–Kier alpha value is -8.67. The van der Waals surface area contributed by atoms with Crippen molar-refractivity contribution in [3.8, 4) is 56.7 Å². The Morgan fingerprint density at radius 1 is 0.234 bits per heavy atom. The maximum Gasteiger partial charge on any atom is 0.164 e. The predicted octanol–water partition coefficient (Wildman–Crippen LogP) is 15.0. The third kappa shape index (κ3) is 5.90. The molecule has 3 heterocycles. The predicted molar refractivity (Wildman–Crippen MR) is 265 cm³/mol. The molecule has 5 nitrogen and oxygen atoms in total. The molecular weight excluding hydrogens is 779 g/mol. The van der Waals surface area contributed by atoms with Crippen molar-refractivity contribution in [2.24, 2.45) is 0 Å². The van der Waals surface area contributed by atoms with E-state index in [0.29, 0.717) is 17.5 Å². The number of benzene rings is 10. The third-order valence-corrected chi connectivity index (χ3v) is 12.7. The topological polar surface area (TPSA) is 48.5 Å². The van der Waals surface area contributed by atoms with Gasteiger partial charge in [0.1, 0.15) is 0 Å². The van der Waals surface area contributed by atoms with Crippen molar-refractivity contribution in [3.63, 3.8) is 0 Å². The van der Waals surface area contributed by atoms with Gasteiger partial charge < -0.3 is 9.13 Å². The van der Waals surface area contributed by atoms with Gasteiger partial charge in [-0.3, -0.25) is 0 Å². The van der Waals surface area contributed by atoms with Crippen molar-refractivity contribution in [2.75, 3.05) is 0 Å². The van der Waals surface area contributed by atoms with Crippen LogP contribution in [0.1, 0.15) is 0 Å². The first-order chi connectivity index (χ1) is 31.7. The van der Waals surface area contributed by atoms with Gasteiger partial charge in [0.2, 0.25) is 0 Å². The van der Waals surface area contributed by atoms with Crippen LogP contribution in [0.4, 0.5) is 0 Å². The summed E-state index contributed by atoms with van der Waals surface area (Å²) in [6.45, 7) is 0. The second-order valence-corrected chi connectivity index (χ2v) is 16.5. The molecule has 0 aliphatic rings. The summed E-state index contributed by atoms with van der Waals surface area (Å²) in [6, 6.07) is 80.0. The molecule has 13 aromatic rings. The molecule has 0 saturated carbocycles. The largest absolute Gasteiger partial charge is 0.309 e. The lowest BCUT2D eigenvalue weighted by Gasteiger charge is -2.12. The highest BCUT2D eigenvalue weighted by Crippen LogP contribution is 2.39. The number of nitrogens with zero attached hydrogens (tertiary/aromatic N) is 5. The zero-order chi connectivity index (χ0) is 42.1. The van der Waals surface area contributed by atoms with Crippen LogP contribution < -0.4 is 0 Å². The lowest BCUT2D eigenvalue weighted by atomic mass is 10.0. The van der Waals surface area contributed by atoms with Gasteiger partial charge in [-0.05, 0) is 112 Å². The van der Waals surface area contributed by atoms with Crippen LogP contribution in [0.25, 0.3) is 122 Å². The third-order valence-electron chi connectivity index (χ3n) is 12.7. The maximum atomic E-state index is 5.12. The van der Waals surface area contributed by atoms with Crippen molar-refractivity contribution in [2.45, 2.75) is 0 Å². The molecule has 0 atom stereocenters. The molecule has 0 spiro atoms. The van der Waals surface area contributed by atoms with Crippen molar-refractivity contribution in [3.05, 3.63) is 224 Å². The first kappa shape index (κ1) is 36.0. The average Bonchev–Trinajstić information content (AvgIpc) is 3.88. The highest BCUT2D eigenvalue weighted by Gasteiger charge is 2.18. The number of rotatable bonds is 6. The Bertz CT molecular complexity index is 3860. The van der Waals surface area contributed by atoms with Gasteiger partial charge in [0.15, 0.2) is 17.5 Å². The molecular formula is C59H37N5. The van der Waals surface area contributed by atoms with Crippen LogP contribution in [0.2, 0.25) is 0 Å². The van der Waals surface area contributed by atoms with Gasteiger partial charge in [0.05, 0.1) is 22.1 Å². The van der Waals surface area contributed by atoms with E-state index in [2.05, 4.69) is 234 Å². The van der Waals surface area contributed by atoms with Crippen LogP contribution >= 0.6 is 0 Å². The molecule has 5 heteroatoms. The van der Waals surface area contributed by atoms with Crippen LogP contribution in [0.15, 0.2) is 224 Å². The summed E-state index contributed by atoms with van der Waals surface area (Å²) in [6.07, 6.45) is 0. The summed E-state index contributed by atoms with van der Waals surface area (Å²) in [5.41, 5.74) is 12.1. The van der Waals surface area contributed by atoms with Gasteiger partial charge in [-0.2, -0.15) is 0 Å². The first-order valence-electron chi connectivity index (χ1n) is 21.7.